The van der Waals surface area contributed by atoms with Crippen LogP contribution in [-0.4, -0.2) is 15.5 Å². The van der Waals surface area contributed by atoms with Crippen molar-refractivity contribution in [3.63, 3.8) is 0 Å². The monoisotopic (exact) mass is 377 g/mol. The number of nitrogens with zero attached hydrogens (tertiary/aromatic N) is 2. The number of alkyl halides is 1. The standard InChI is InChI=1S/C22H20FN3O2/c1-14-4-5-26(22(28)6-14)13-15-7-18(12-24-11-15)19-8-16-2-3-21(27)25-20(16)9-17(19)10-23/h4-9,11-12H,2-3,10,13H2,1H3,(H,25,27). The van der Waals surface area contributed by atoms with E-state index in [4.69, 9.17) is 0 Å². The average molecular weight is 377 g/mol. The van der Waals surface area contributed by atoms with E-state index in [1.807, 2.05) is 25.1 Å². The highest BCUT2D eigenvalue weighted by Crippen LogP contribution is 2.33. The highest BCUT2D eigenvalue weighted by Gasteiger charge is 2.18. The fourth-order valence-corrected chi connectivity index (χ4v) is 3.51. The van der Waals surface area contributed by atoms with Crippen LogP contribution in [-0.2, 0) is 24.4 Å². The number of benzene rings is 1. The first-order valence-corrected chi connectivity index (χ1v) is 9.16. The molecule has 0 radical (unpaired) electrons. The summed E-state index contributed by atoms with van der Waals surface area (Å²) in [4.78, 5) is 28.0. The number of nitrogens with one attached hydrogen (secondary N) is 1. The summed E-state index contributed by atoms with van der Waals surface area (Å²) in [5.41, 5.74) is 5.45. The molecule has 2 aromatic heterocycles. The van der Waals surface area contributed by atoms with Crippen LogP contribution in [0.5, 0.6) is 0 Å². The van der Waals surface area contributed by atoms with Gasteiger partial charge in [0.15, 0.2) is 0 Å². The Bertz CT molecular complexity index is 1120. The summed E-state index contributed by atoms with van der Waals surface area (Å²) in [7, 11) is 0. The minimum Gasteiger partial charge on any atom is -0.326 e. The predicted octanol–water partition coefficient (Wildman–Crippen LogP) is 3.62. The van der Waals surface area contributed by atoms with Gasteiger partial charge in [-0.3, -0.25) is 14.6 Å². The van der Waals surface area contributed by atoms with E-state index in [1.54, 1.807) is 35.3 Å². The van der Waals surface area contributed by atoms with Crippen LogP contribution in [0.2, 0.25) is 0 Å². The summed E-state index contributed by atoms with van der Waals surface area (Å²) < 4.78 is 15.3. The van der Waals surface area contributed by atoms with E-state index in [0.717, 1.165) is 27.8 Å². The van der Waals surface area contributed by atoms with Crippen molar-refractivity contribution < 1.29 is 9.18 Å². The number of carbonyl (C=O) groups is 1. The lowest BCUT2D eigenvalue weighted by atomic mass is 9.93. The number of amides is 1. The topological polar surface area (TPSA) is 64.0 Å². The number of pyridine rings is 2. The molecule has 1 aromatic carbocycles. The van der Waals surface area contributed by atoms with Crippen molar-refractivity contribution in [2.75, 3.05) is 5.32 Å². The molecule has 4 rings (SSSR count). The van der Waals surface area contributed by atoms with Crippen LogP contribution in [0.3, 0.4) is 0 Å². The molecule has 5 nitrogen and oxygen atoms in total. The molecule has 0 fully saturated rings. The molecular weight excluding hydrogens is 357 g/mol. The minimum atomic E-state index is -0.639. The van der Waals surface area contributed by atoms with Crippen LogP contribution in [0.4, 0.5) is 10.1 Å². The summed E-state index contributed by atoms with van der Waals surface area (Å²) in [6, 6.07) is 9.05. The minimum absolute atomic E-state index is 0.0442. The highest BCUT2D eigenvalue weighted by molar-refractivity contribution is 5.94. The second-order valence-electron chi connectivity index (χ2n) is 7.10. The van der Waals surface area contributed by atoms with Gasteiger partial charge in [-0.1, -0.05) is 0 Å². The molecular formula is C22H20FN3O2. The first-order chi connectivity index (χ1) is 13.5. The zero-order valence-corrected chi connectivity index (χ0v) is 15.5. The van der Waals surface area contributed by atoms with Crippen molar-refractivity contribution in [1.29, 1.82) is 0 Å². The van der Waals surface area contributed by atoms with Gasteiger partial charge in [0.25, 0.3) is 5.56 Å². The zero-order chi connectivity index (χ0) is 19.7. The van der Waals surface area contributed by atoms with Gasteiger partial charge in [-0.15, -0.1) is 0 Å². The smallest absolute Gasteiger partial charge is 0.251 e. The molecule has 0 spiro atoms. The number of anilines is 1. The van der Waals surface area contributed by atoms with Gasteiger partial charge in [-0.2, -0.15) is 0 Å². The number of carbonyl (C=O) groups excluding carboxylic acids is 1. The second kappa shape index (κ2) is 7.38. The van der Waals surface area contributed by atoms with E-state index in [1.165, 1.54) is 0 Å². The molecule has 0 bridgehead atoms. The van der Waals surface area contributed by atoms with Gasteiger partial charge in [0.1, 0.15) is 6.67 Å². The van der Waals surface area contributed by atoms with Crippen LogP contribution in [0.15, 0.2) is 53.7 Å². The van der Waals surface area contributed by atoms with Gasteiger partial charge in [0, 0.05) is 42.3 Å². The lowest BCUT2D eigenvalue weighted by Crippen LogP contribution is -2.19. The van der Waals surface area contributed by atoms with Crippen molar-refractivity contribution in [3.8, 4) is 11.1 Å². The molecule has 3 aromatic rings. The van der Waals surface area contributed by atoms with Crippen LogP contribution in [0.25, 0.3) is 11.1 Å². The van der Waals surface area contributed by atoms with Gasteiger partial charge < -0.3 is 9.88 Å². The Morgan fingerprint density at radius 3 is 2.79 bits per heavy atom. The molecule has 0 saturated heterocycles. The van der Waals surface area contributed by atoms with Crippen LogP contribution in [0, 0.1) is 6.92 Å². The van der Waals surface area contributed by atoms with Crippen molar-refractivity contribution in [2.24, 2.45) is 0 Å². The SMILES string of the molecule is Cc1ccn(Cc2cncc(-c3cc4c(cc3CF)NC(=O)CC4)c2)c(=O)c1. The molecule has 0 unspecified atom stereocenters. The maximum absolute atomic E-state index is 13.7. The summed E-state index contributed by atoms with van der Waals surface area (Å²) in [5.74, 6) is -0.0442. The van der Waals surface area contributed by atoms with Gasteiger partial charge in [0.2, 0.25) is 5.91 Å². The molecule has 6 heteroatoms. The lowest BCUT2D eigenvalue weighted by molar-refractivity contribution is -0.116. The Labute approximate surface area is 161 Å². The molecule has 1 aliphatic rings. The fraction of sp³-hybridized carbons (Fsp3) is 0.227. The van der Waals surface area contributed by atoms with Gasteiger partial charge in [-0.25, -0.2) is 4.39 Å². The number of hydrogen-bond donors (Lipinski definition) is 1. The Morgan fingerprint density at radius 2 is 2.00 bits per heavy atom. The molecule has 0 saturated carbocycles. The third kappa shape index (κ3) is 3.58. The molecule has 1 aliphatic heterocycles. The van der Waals surface area contributed by atoms with Crippen LogP contribution < -0.4 is 10.9 Å². The van der Waals surface area contributed by atoms with Crippen molar-refractivity contribution in [2.45, 2.75) is 33.0 Å². The van der Waals surface area contributed by atoms with Crippen LogP contribution >= 0.6 is 0 Å². The summed E-state index contributed by atoms with van der Waals surface area (Å²) in [5, 5.41) is 2.81. The molecule has 3 heterocycles. The third-order valence-electron chi connectivity index (χ3n) is 4.98. The molecule has 1 amide bonds. The zero-order valence-electron chi connectivity index (χ0n) is 15.5. The van der Waals surface area contributed by atoms with E-state index in [0.29, 0.717) is 30.6 Å². The van der Waals surface area contributed by atoms with Crippen molar-refractivity contribution in [3.05, 3.63) is 81.5 Å². The molecule has 142 valence electrons. The third-order valence-corrected chi connectivity index (χ3v) is 4.98. The number of rotatable bonds is 4. The Balaban J connectivity index is 1.71. The molecule has 0 aliphatic carbocycles. The Hall–Kier alpha value is -3.28. The normalized spacial score (nSPS) is 13.1. The summed E-state index contributed by atoms with van der Waals surface area (Å²) in [6.45, 7) is 1.64. The van der Waals surface area contributed by atoms with Crippen molar-refractivity contribution >= 4 is 11.6 Å². The quantitative estimate of drug-likeness (QED) is 0.755. The number of fused-ring (bicyclic) bond motifs is 1. The van der Waals surface area contributed by atoms with Gasteiger partial charge >= 0.3 is 0 Å². The van der Waals surface area contributed by atoms with E-state index < -0.39 is 6.67 Å². The first-order valence-electron chi connectivity index (χ1n) is 9.16. The number of aryl methyl sites for hydroxylation is 2. The number of aromatic nitrogens is 2. The maximum Gasteiger partial charge on any atom is 0.251 e. The fourth-order valence-electron chi connectivity index (χ4n) is 3.51. The van der Waals surface area contributed by atoms with E-state index in [-0.39, 0.29) is 11.5 Å². The van der Waals surface area contributed by atoms with E-state index in [9.17, 15) is 14.0 Å². The van der Waals surface area contributed by atoms with Crippen LogP contribution in [0.1, 0.15) is 28.7 Å². The first kappa shape index (κ1) is 18.1. The van der Waals surface area contributed by atoms with E-state index in [2.05, 4.69) is 10.3 Å². The molecule has 0 atom stereocenters. The molecule has 1 N–H and O–H groups in total. The average Bonchev–Trinajstić information content (AvgIpc) is 2.69. The highest BCUT2D eigenvalue weighted by atomic mass is 19.1. The van der Waals surface area contributed by atoms with E-state index >= 15 is 0 Å². The lowest BCUT2D eigenvalue weighted by Gasteiger charge is -2.20. The predicted molar refractivity (Wildman–Crippen MR) is 106 cm³/mol. The second-order valence-corrected chi connectivity index (χ2v) is 7.10. The maximum atomic E-state index is 13.7. The van der Waals surface area contributed by atoms with Crippen molar-refractivity contribution in [1.82, 2.24) is 9.55 Å². The summed E-state index contributed by atoms with van der Waals surface area (Å²) >= 11 is 0. The molecule has 28 heavy (non-hydrogen) atoms. The van der Waals surface area contributed by atoms with Gasteiger partial charge in [-0.05, 0) is 65.4 Å². The Morgan fingerprint density at radius 1 is 1.14 bits per heavy atom. The number of hydrogen-bond acceptors (Lipinski definition) is 3. The Kier molecular flexibility index (Phi) is 4.77. The van der Waals surface area contributed by atoms with Gasteiger partial charge in [0.05, 0.1) is 6.54 Å². The largest absolute Gasteiger partial charge is 0.326 e. The number of halogens is 1. The summed E-state index contributed by atoms with van der Waals surface area (Å²) in [6.07, 6.45) is 6.23.